The number of hydrogen-bond donors (Lipinski definition) is 0. The van der Waals surface area contributed by atoms with Crippen molar-refractivity contribution >= 4 is 0 Å². The van der Waals surface area contributed by atoms with E-state index in [1.54, 1.807) is 0 Å². The van der Waals surface area contributed by atoms with Crippen LogP contribution in [0.15, 0.2) is 6.08 Å². The van der Waals surface area contributed by atoms with Gasteiger partial charge in [0.2, 0.25) is 0 Å². The molecule has 0 nitrogen and oxygen atoms in total. The van der Waals surface area contributed by atoms with Crippen LogP contribution in [-0.4, -0.2) is 0 Å². The Kier molecular flexibility index (Phi) is 2.34. The number of rotatable bonds is 0. The minimum Gasteiger partial charge on any atom is -0.0926 e. The third kappa shape index (κ3) is 5.30. The molecule has 0 amide bonds. The van der Waals surface area contributed by atoms with Crippen LogP contribution in [0.4, 0.5) is 0 Å². The third-order valence-electron chi connectivity index (χ3n) is 0.531. The molecule has 0 aliphatic carbocycles. The fourth-order valence-corrected chi connectivity index (χ4v) is 0.258. The first kappa shape index (κ1) is 7.30. The SMILES string of the molecule is [CH]=CC#CC(C)(C)C. The summed E-state index contributed by atoms with van der Waals surface area (Å²) in [6.45, 7) is 11.2. The Bertz CT molecular complexity index is 124. The molecule has 43 valence electrons. The van der Waals surface area contributed by atoms with E-state index >= 15 is 0 Å². The zero-order valence-corrected chi connectivity index (χ0v) is 5.65. The summed E-state index contributed by atoms with van der Waals surface area (Å²) in [5, 5.41) is 0. The van der Waals surface area contributed by atoms with Gasteiger partial charge in [0.15, 0.2) is 0 Å². The highest BCUT2D eigenvalue weighted by Crippen LogP contribution is 2.09. The van der Waals surface area contributed by atoms with Gasteiger partial charge in [-0.05, 0) is 26.8 Å². The van der Waals surface area contributed by atoms with Crippen molar-refractivity contribution in [1.29, 1.82) is 0 Å². The lowest BCUT2D eigenvalue weighted by Crippen LogP contribution is -1.98. The zero-order chi connectivity index (χ0) is 6.62. The van der Waals surface area contributed by atoms with Crippen LogP contribution in [0, 0.1) is 23.8 Å². The molecule has 0 aliphatic heterocycles. The molecule has 1 radical (unpaired) electrons. The Morgan fingerprint density at radius 1 is 1.38 bits per heavy atom. The van der Waals surface area contributed by atoms with Gasteiger partial charge in [-0.15, -0.1) is 0 Å². The normalized spacial score (nSPS) is 9.38. The van der Waals surface area contributed by atoms with Crippen molar-refractivity contribution < 1.29 is 0 Å². The lowest BCUT2D eigenvalue weighted by Gasteiger charge is -2.05. The highest BCUT2D eigenvalue weighted by molar-refractivity contribution is 5.15. The molecule has 0 aromatic rings. The monoisotopic (exact) mass is 107 g/mol. The average Bonchev–Trinajstić information content (AvgIpc) is 1.59. The van der Waals surface area contributed by atoms with Crippen molar-refractivity contribution in [1.82, 2.24) is 0 Å². The molecular formula is C8H11. The van der Waals surface area contributed by atoms with Crippen molar-refractivity contribution in [2.75, 3.05) is 0 Å². The van der Waals surface area contributed by atoms with Crippen LogP contribution in [0.3, 0.4) is 0 Å². The molecule has 0 N–H and O–H groups in total. The summed E-state index contributed by atoms with van der Waals surface area (Å²) in [5.41, 5.74) is 0.0792. The predicted molar refractivity (Wildman–Crippen MR) is 36.1 cm³/mol. The van der Waals surface area contributed by atoms with Gasteiger partial charge >= 0.3 is 0 Å². The van der Waals surface area contributed by atoms with Crippen LogP contribution in [0.5, 0.6) is 0 Å². The van der Waals surface area contributed by atoms with E-state index in [0.717, 1.165) is 0 Å². The topological polar surface area (TPSA) is 0 Å². The molecule has 0 unspecified atom stereocenters. The summed E-state index contributed by atoms with van der Waals surface area (Å²) in [6, 6.07) is 0. The number of allylic oxidation sites excluding steroid dienone is 1. The Balaban J connectivity index is 3.87. The highest BCUT2D eigenvalue weighted by Gasteiger charge is 2.01. The van der Waals surface area contributed by atoms with Crippen molar-refractivity contribution in [2.45, 2.75) is 20.8 Å². The van der Waals surface area contributed by atoms with Gasteiger partial charge in [0.05, 0.1) is 0 Å². The Morgan fingerprint density at radius 2 is 1.88 bits per heavy atom. The van der Waals surface area contributed by atoms with E-state index in [2.05, 4.69) is 11.8 Å². The highest BCUT2D eigenvalue weighted by atomic mass is 14.0. The summed E-state index contributed by atoms with van der Waals surface area (Å²) >= 11 is 0. The van der Waals surface area contributed by atoms with Crippen LogP contribution < -0.4 is 0 Å². The minimum absolute atomic E-state index is 0.0792. The van der Waals surface area contributed by atoms with Crippen molar-refractivity contribution in [3.8, 4) is 11.8 Å². The standard InChI is InChI=1S/C8H11/c1-5-6-7-8(2,3)4/h1,5H,2-4H3. The molecule has 0 spiro atoms. The van der Waals surface area contributed by atoms with Gasteiger partial charge in [0.1, 0.15) is 0 Å². The average molecular weight is 107 g/mol. The van der Waals surface area contributed by atoms with Crippen LogP contribution in [0.25, 0.3) is 0 Å². The Labute approximate surface area is 51.6 Å². The second kappa shape index (κ2) is 2.57. The van der Waals surface area contributed by atoms with Crippen LogP contribution in [-0.2, 0) is 0 Å². The smallest absolute Gasteiger partial charge is 0.0233 e. The fourth-order valence-electron chi connectivity index (χ4n) is 0.258. The quantitative estimate of drug-likeness (QED) is 0.415. The second-order valence-electron chi connectivity index (χ2n) is 2.69. The summed E-state index contributed by atoms with van der Waals surface area (Å²) in [7, 11) is 0. The van der Waals surface area contributed by atoms with E-state index in [1.807, 2.05) is 20.8 Å². The molecule has 0 heterocycles. The Morgan fingerprint density at radius 3 is 2.00 bits per heavy atom. The molecule has 0 aliphatic rings. The van der Waals surface area contributed by atoms with E-state index in [-0.39, 0.29) is 5.41 Å². The molecule has 0 fully saturated rings. The van der Waals surface area contributed by atoms with Crippen molar-refractivity contribution in [3.05, 3.63) is 12.7 Å². The molecule has 0 saturated carbocycles. The maximum Gasteiger partial charge on any atom is 0.0233 e. The van der Waals surface area contributed by atoms with Gasteiger partial charge in [0.25, 0.3) is 0 Å². The summed E-state index contributed by atoms with van der Waals surface area (Å²) in [6.07, 6.45) is 1.37. The molecule has 0 atom stereocenters. The molecule has 8 heavy (non-hydrogen) atoms. The van der Waals surface area contributed by atoms with Gasteiger partial charge in [-0.3, -0.25) is 0 Å². The molecule has 0 heteroatoms. The summed E-state index contributed by atoms with van der Waals surface area (Å²) in [5.74, 6) is 5.63. The van der Waals surface area contributed by atoms with Crippen LogP contribution in [0.1, 0.15) is 20.8 Å². The van der Waals surface area contributed by atoms with Gasteiger partial charge in [-0.2, -0.15) is 0 Å². The largest absolute Gasteiger partial charge is 0.0926 e. The lowest BCUT2D eigenvalue weighted by atomic mass is 9.98. The van der Waals surface area contributed by atoms with E-state index < -0.39 is 0 Å². The molecular weight excluding hydrogens is 96.1 g/mol. The van der Waals surface area contributed by atoms with E-state index in [4.69, 9.17) is 6.58 Å². The van der Waals surface area contributed by atoms with Crippen molar-refractivity contribution in [2.24, 2.45) is 5.41 Å². The Hall–Kier alpha value is -0.700. The number of hydrogen-bond acceptors (Lipinski definition) is 0. The van der Waals surface area contributed by atoms with E-state index in [1.165, 1.54) is 6.08 Å². The summed E-state index contributed by atoms with van der Waals surface area (Å²) in [4.78, 5) is 0. The molecule has 0 rings (SSSR count). The first-order chi connectivity index (χ1) is 3.56. The molecule has 0 saturated heterocycles. The van der Waals surface area contributed by atoms with E-state index in [9.17, 15) is 0 Å². The van der Waals surface area contributed by atoms with Crippen LogP contribution >= 0.6 is 0 Å². The van der Waals surface area contributed by atoms with Gasteiger partial charge in [-0.1, -0.05) is 18.4 Å². The maximum atomic E-state index is 5.04. The second-order valence-corrected chi connectivity index (χ2v) is 2.69. The fraction of sp³-hybridized carbons (Fsp3) is 0.500. The molecule has 0 bridgehead atoms. The molecule has 0 aromatic heterocycles. The molecule has 0 aromatic carbocycles. The lowest BCUT2D eigenvalue weighted by molar-refractivity contribution is 0.571. The first-order valence-corrected chi connectivity index (χ1v) is 2.62. The van der Waals surface area contributed by atoms with Crippen molar-refractivity contribution in [3.63, 3.8) is 0 Å². The zero-order valence-electron chi connectivity index (χ0n) is 5.65. The maximum absolute atomic E-state index is 5.04. The minimum atomic E-state index is 0.0792. The predicted octanol–water partition coefficient (Wildman–Crippen LogP) is 2.03. The van der Waals surface area contributed by atoms with Gasteiger partial charge in [-0.25, -0.2) is 0 Å². The third-order valence-corrected chi connectivity index (χ3v) is 0.531. The van der Waals surface area contributed by atoms with Crippen LogP contribution in [0.2, 0.25) is 0 Å². The van der Waals surface area contributed by atoms with E-state index in [0.29, 0.717) is 0 Å². The van der Waals surface area contributed by atoms with Gasteiger partial charge < -0.3 is 0 Å². The first-order valence-electron chi connectivity index (χ1n) is 2.62. The summed E-state index contributed by atoms with van der Waals surface area (Å²) < 4.78 is 0. The van der Waals surface area contributed by atoms with Gasteiger partial charge in [0, 0.05) is 5.41 Å².